The summed E-state index contributed by atoms with van der Waals surface area (Å²) < 4.78 is 28.4. The molecule has 1 saturated heterocycles. The van der Waals surface area contributed by atoms with Gasteiger partial charge >= 0.3 is 0 Å². The van der Waals surface area contributed by atoms with Crippen LogP contribution in [0.2, 0.25) is 0 Å². The summed E-state index contributed by atoms with van der Waals surface area (Å²) in [6.07, 6.45) is 2.10. The Morgan fingerprint density at radius 1 is 1.07 bits per heavy atom. The zero-order chi connectivity index (χ0) is 20.3. The van der Waals surface area contributed by atoms with Crippen LogP contribution in [-0.2, 0) is 14.8 Å². The van der Waals surface area contributed by atoms with E-state index < -0.39 is 16.1 Å². The number of nitrogens with zero attached hydrogens (tertiary/aromatic N) is 1. The van der Waals surface area contributed by atoms with Crippen LogP contribution in [0.15, 0.2) is 57.9 Å². The van der Waals surface area contributed by atoms with Gasteiger partial charge in [-0.1, -0.05) is 48.3 Å². The molecule has 150 valence electrons. The molecule has 1 unspecified atom stereocenters. The van der Waals surface area contributed by atoms with Crippen molar-refractivity contribution < 1.29 is 13.2 Å². The van der Waals surface area contributed by atoms with Crippen molar-refractivity contribution in [1.82, 2.24) is 4.31 Å². The van der Waals surface area contributed by atoms with E-state index in [2.05, 4.69) is 35.1 Å². The van der Waals surface area contributed by atoms with E-state index in [1.807, 2.05) is 24.3 Å². The Bertz CT molecular complexity index is 925. The Kier molecular flexibility index (Phi) is 6.58. The molecule has 0 spiro atoms. The molecule has 1 aliphatic heterocycles. The average Bonchev–Trinajstić information content (AvgIpc) is 2.68. The molecule has 3 rings (SSSR count). The first-order valence-electron chi connectivity index (χ1n) is 9.47. The summed E-state index contributed by atoms with van der Waals surface area (Å²) in [5.41, 5.74) is 1.87. The predicted molar refractivity (Wildman–Crippen MR) is 115 cm³/mol. The Labute approximate surface area is 175 Å². The number of sulfonamides is 1. The van der Waals surface area contributed by atoms with Gasteiger partial charge in [-0.15, -0.1) is 0 Å². The van der Waals surface area contributed by atoms with Gasteiger partial charge in [-0.2, -0.15) is 4.31 Å². The molecular weight excluding hydrogens is 440 g/mol. The maximum absolute atomic E-state index is 13.1. The normalized spacial score (nSPS) is 18.2. The van der Waals surface area contributed by atoms with Gasteiger partial charge in [0, 0.05) is 16.7 Å². The lowest BCUT2D eigenvalue weighted by molar-refractivity contribution is -0.120. The second kappa shape index (κ2) is 8.76. The van der Waals surface area contributed by atoms with Crippen LogP contribution in [0.4, 0.5) is 5.69 Å². The SMILES string of the molecule is CC(C)c1ccc(NC(=O)C2CCCCN2S(=O)(=O)c2ccc(Br)cc2)cc1. The summed E-state index contributed by atoms with van der Waals surface area (Å²) in [5, 5.41) is 2.89. The number of benzene rings is 2. The van der Waals surface area contributed by atoms with Crippen molar-refractivity contribution in [2.75, 3.05) is 11.9 Å². The van der Waals surface area contributed by atoms with Crippen molar-refractivity contribution in [3.63, 3.8) is 0 Å². The van der Waals surface area contributed by atoms with Crippen molar-refractivity contribution in [2.45, 2.75) is 50.0 Å². The molecule has 0 bridgehead atoms. The minimum Gasteiger partial charge on any atom is -0.325 e. The highest BCUT2D eigenvalue weighted by molar-refractivity contribution is 9.10. The molecule has 0 aliphatic carbocycles. The molecule has 0 aromatic heterocycles. The Balaban J connectivity index is 1.80. The van der Waals surface area contributed by atoms with Crippen molar-refractivity contribution in [1.29, 1.82) is 0 Å². The van der Waals surface area contributed by atoms with Crippen LogP contribution in [-0.4, -0.2) is 31.2 Å². The maximum Gasteiger partial charge on any atom is 0.243 e. The largest absolute Gasteiger partial charge is 0.325 e. The first kappa shape index (κ1) is 21.0. The molecule has 1 N–H and O–H groups in total. The Hall–Kier alpha value is -1.70. The van der Waals surface area contributed by atoms with Crippen LogP contribution in [0.1, 0.15) is 44.6 Å². The van der Waals surface area contributed by atoms with Crippen LogP contribution in [0.25, 0.3) is 0 Å². The summed E-state index contributed by atoms with van der Waals surface area (Å²) in [6.45, 7) is 4.57. The molecule has 1 aliphatic rings. The van der Waals surface area contributed by atoms with Crippen molar-refractivity contribution in [3.8, 4) is 0 Å². The van der Waals surface area contributed by atoms with Crippen LogP contribution in [0.3, 0.4) is 0 Å². The third-order valence-corrected chi connectivity index (χ3v) is 7.47. The summed E-state index contributed by atoms with van der Waals surface area (Å²) in [7, 11) is -3.73. The van der Waals surface area contributed by atoms with Gasteiger partial charge in [0.15, 0.2) is 0 Å². The number of anilines is 1. The number of hydrogen-bond acceptors (Lipinski definition) is 3. The molecule has 1 atom stereocenters. The molecule has 0 radical (unpaired) electrons. The van der Waals surface area contributed by atoms with E-state index in [1.165, 1.54) is 9.87 Å². The van der Waals surface area contributed by atoms with Crippen LogP contribution < -0.4 is 5.32 Å². The number of rotatable bonds is 5. The van der Waals surface area contributed by atoms with E-state index in [1.54, 1.807) is 24.3 Å². The summed E-state index contributed by atoms with van der Waals surface area (Å²) in [6, 6.07) is 13.5. The van der Waals surface area contributed by atoms with Gasteiger partial charge in [0.25, 0.3) is 0 Å². The number of amides is 1. The smallest absolute Gasteiger partial charge is 0.243 e. The topological polar surface area (TPSA) is 66.5 Å². The van der Waals surface area contributed by atoms with Gasteiger partial charge in [-0.25, -0.2) is 8.42 Å². The maximum atomic E-state index is 13.1. The molecule has 28 heavy (non-hydrogen) atoms. The fraction of sp³-hybridized carbons (Fsp3) is 0.381. The van der Waals surface area contributed by atoms with Gasteiger partial charge in [-0.05, 0) is 60.7 Å². The second-order valence-electron chi connectivity index (χ2n) is 7.35. The molecule has 1 amide bonds. The first-order chi connectivity index (χ1) is 13.3. The molecule has 5 nitrogen and oxygen atoms in total. The lowest BCUT2D eigenvalue weighted by Gasteiger charge is -2.33. The van der Waals surface area contributed by atoms with Gasteiger partial charge in [0.2, 0.25) is 15.9 Å². The van der Waals surface area contributed by atoms with Gasteiger partial charge < -0.3 is 5.32 Å². The van der Waals surface area contributed by atoms with E-state index in [0.717, 1.165) is 17.3 Å². The summed E-state index contributed by atoms with van der Waals surface area (Å²) in [5.74, 6) is 0.132. The fourth-order valence-electron chi connectivity index (χ4n) is 3.37. The molecule has 1 fully saturated rings. The number of carbonyl (C=O) groups is 1. The van der Waals surface area contributed by atoms with E-state index in [9.17, 15) is 13.2 Å². The molecule has 2 aromatic rings. The second-order valence-corrected chi connectivity index (χ2v) is 10.2. The molecule has 2 aromatic carbocycles. The van der Waals surface area contributed by atoms with E-state index in [4.69, 9.17) is 0 Å². The molecule has 0 saturated carbocycles. The average molecular weight is 465 g/mol. The minimum atomic E-state index is -3.73. The van der Waals surface area contributed by atoms with Crippen molar-refractivity contribution in [3.05, 3.63) is 58.6 Å². The third kappa shape index (κ3) is 4.64. The number of halogens is 1. The lowest BCUT2D eigenvalue weighted by atomic mass is 10.0. The number of piperidine rings is 1. The van der Waals surface area contributed by atoms with Gasteiger partial charge in [-0.3, -0.25) is 4.79 Å². The number of hydrogen-bond donors (Lipinski definition) is 1. The van der Waals surface area contributed by atoms with E-state index >= 15 is 0 Å². The molecular formula is C21H25BrN2O3S. The van der Waals surface area contributed by atoms with E-state index in [0.29, 0.717) is 24.6 Å². The van der Waals surface area contributed by atoms with E-state index in [-0.39, 0.29) is 10.8 Å². The summed E-state index contributed by atoms with van der Waals surface area (Å²) >= 11 is 3.32. The third-order valence-electron chi connectivity index (χ3n) is 5.02. The quantitative estimate of drug-likeness (QED) is 0.693. The highest BCUT2D eigenvalue weighted by atomic mass is 79.9. The predicted octanol–water partition coefficient (Wildman–Crippen LogP) is 4.75. The zero-order valence-corrected chi connectivity index (χ0v) is 18.5. The standard InChI is InChI=1S/C21H25BrN2O3S/c1-15(2)16-6-10-18(11-7-16)23-21(25)20-5-3-4-14-24(20)28(26,27)19-12-8-17(22)9-13-19/h6-13,15,20H,3-5,14H2,1-2H3,(H,23,25). The minimum absolute atomic E-state index is 0.205. The molecule has 7 heteroatoms. The van der Waals surface area contributed by atoms with Crippen LogP contribution in [0.5, 0.6) is 0 Å². The molecule has 1 heterocycles. The Morgan fingerprint density at radius 3 is 2.32 bits per heavy atom. The number of carbonyl (C=O) groups excluding carboxylic acids is 1. The van der Waals surface area contributed by atoms with Gasteiger partial charge in [0.1, 0.15) is 6.04 Å². The van der Waals surface area contributed by atoms with Crippen LogP contribution in [0, 0.1) is 0 Å². The Morgan fingerprint density at radius 2 is 1.71 bits per heavy atom. The zero-order valence-electron chi connectivity index (χ0n) is 16.1. The lowest BCUT2D eigenvalue weighted by Crippen LogP contribution is -2.49. The highest BCUT2D eigenvalue weighted by Crippen LogP contribution is 2.27. The first-order valence-corrected chi connectivity index (χ1v) is 11.7. The van der Waals surface area contributed by atoms with Crippen molar-refractivity contribution in [2.24, 2.45) is 0 Å². The fourth-order valence-corrected chi connectivity index (χ4v) is 5.29. The van der Waals surface area contributed by atoms with Crippen molar-refractivity contribution >= 4 is 37.5 Å². The summed E-state index contributed by atoms with van der Waals surface area (Å²) in [4.78, 5) is 13.1. The van der Waals surface area contributed by atoms with Crippen LogP contribution >= 0.6 is 15.9 Å². The highest BCUT2D eigenvalue weighted by Gasteiger charge is 2.37. The number of nitrogens with one attached hydrogen (secondary N) is 1. The monoisotopic (exact) mass is 464 g/mol. The van der Waals surface area contributed by atoms with Gasteiger partial charge in [0.05, 0.1) is 4.90 Å².